The summed E-state index contributed by atoms with van der Waals surface area (Å²) >= 11 is 0. The first-order chi connectivity index (χ1) is 10.3. The molecule has 21 heavy (non-hydrogen) atoms. The number of ether oxygens (including phenoxy) is 1. The maximum atomic E-state index is 5.72. The van der Waals surface area contributed by atoms with Gasteiger partial charge in [0.05, 0.1) is 12.7 Å². The molecule has 0 amide bonds. The molecule has 1 unspecified atom stereocenters. The van der Waals surface area contributed by atoms with Crippen molar-refractivity contribution in [3.63, 3.8) is 0 Å². The van der Waals surface area contributed by atoms with Gasteiger partial charge in [0.15, 0.2) is 0 Å². The van der Waals surface area contributed by atoms with E-state index in [9.17, 15) is 0 Å². The van der Waals surface area contributed by atoms with E-state index in [2.05, 4.69) is 41.0 Å². The first kappa shape index (κ1) is 14.7. The summed E-state index contributed by atoms with van der Waals surface area (Å²) in [5, 5.41) is 0. The maximum Gasteiger partial charge on any atom is 0.0872 e. The van der Waals surface area contributed by atoms with Gasteiger partial charge < -0.3 is 20.3 Å². The molecule has 116 valence electrons. The monoisotopic (exact) mass is 289 g/mol. The highest BCUT2D eigenvalue weighted by Crippen LogP contribution is 2.26. The summed E-state index contributed by atoms with van der Waals surface area (Å²) in [5.74, 6) is 0.877. The molecular weight excluding hydrogens is 262 g/mol. The van der Waals surface area contributed by atoms with E-state index in [4.69, 9.17) is 10.5 Å². The first-order valence-corrected chi connectivity index (χ1v) is 8.18. The van der Waals surface area contributed by atoms with Gasteiger partial charge in [-0.05, 0) is 43.0 Å². The summed E-state index contributed by atoms with van der Waals surface area (Å²) in [6.45, 7) is 7.95. The number of hydrogen-bond acceptors (Lipinski definition) is 4. The van der Waals surface area contributed by atoms with Gasteiger partial charge in [0, 0.05) is 44.1 Å². The standard InChI is InChI=1S/C17H27N3O/c1-14-6-8-19(9-7-14)15-2-4-16(5-3-15)20-10-11-21-17(12-18)13-20/h2-5,14,17H,6-13,18H2,1H3. The Morgan fingerprint density at radius 3 is 2.29 bits per heavy atom. The van der Waals surface area contributed by atoms with E-state index in [1.165, 1.54) is 37.3 Å². The maximum absolute atomic E-state index is 5.72. The van der Waals surface area contributed by atoms with Crippen molar-refractivity contribution in [3.05, 3.63) is 24.3 Å². The van der Waals surface area contributed by atoms with Crippen LogP contribution in [0.5, 0.6) is 0 Å². The third-order valence-electron chi connectivity index (χ3n) is 4.77. The summed E-state index contributed by atoms with van der Waals surface area (Å²) in [5.41, 5.74) is 8.36. The Bertz CT molecular complexity index is 440. The van der Waals surface area contributed by atoms with Crippen molar-refractivity contribution in [2.75, 3.05) is 49.1 Å². The van der Waals surface area contributed by atoms with Crippen molar-refractivity contribution in [1.82, 2.24) is 0 Å². The van der Waals surface area contributed by atoms with Crippen LogP contribution in [0, 0.1) is 5.92 Å². The minimum absolute atomic E-state index is 0.169. The van der Waals surface area contributed by atoms with Crippen molar-refractivity contribution in [1.29, 1.82) is 0 Å². The predicted octanol–water partition coefficient (Wildman–Crippen LogP) is 2.09. The molecule has 1 aromatic rings. The third-order valence-corrected chi connectivity index (χ3v) is 4.77. The Kier molecular flexibility index (Phi) is 4.66. The number of morpholine rings is 1. The fourth-order valence-electron chi connectivity index (χ4n) is 3.24. The van der Waals surface area contributed by atoms with Crippen LogP contribution in [0.25, 0.3) is 0 Å². The molecule has 2 N–H and O–H groups in total. The van der Waals surface area contributed by atoms with Gasteiger partial charge in [-0.3, -0.25) is 0 Å². The largest absolute Gasteiger partial charge is 0.373 e. The minimum Gasteiger partial charge on any atom is -0.373 e. The molecule has 0 radical (unpaired) electrons. The average Bonchev–Trinajstić information content (AvgIpc) is 2.56. The quantitative estimate of drug-likeness (QED) is 0.925. The second-order valence-electron chi connectivity index (χ2n) is 6.36. The minimum atomic E-state index is 0.169. The predicted molar refractivity (Wildman–Crippen MR) is 88.1 cm³/mol. The van der Waals surface area contributed by atoms with Gasteiger partial charge in [-0.25, -0.2) is 0 Å². The van der Waals surface area contributed by atoms with E-state index in [0.717, 1.165) is 25.6 Å². The number of rotatable bonds is 3. The second kappa shape index (κ2) is 6.67. The van der Waals surface area contributed by atoms with Crippen LogP contribution in [0.3, 0.4) is 0 Å². The molecule has 0 bridgehead atoms. The smallest absolute Gasteiger partial charge is 0.0872 e. The molecule has 1 aromatic carbocycles. The molecule has 4 heteroatoms. The van der Waals surface area contributed by atoms with Crippen molar-refractivity contribution in [2.45, 2.75) is 25.9 Å². The Labute approximate surface area is 127 Å². The third kappa shape index (κ3) is 3.50. The van der Waals surface area contributed by atoms with Gasteiger partial charge in [0.25, 0.3) is 0 Å². The topological polar surface area (TPSA) is 41.7 Å². The lowest BCUT2D eigenvalue weighted by Gasteiger charge is -2.35. The fourth-order valence-corrected chi connectivity index (χ4v) is 3.24. The number of nitrogens with zero attached hydrogens (tertiary/aromatic N) is 2. The highest BCUT2D eigenvalue weighted by molar-refractivity contribution is 5.56. The lowest BCUT2D eigenvalue weighted by Crippen LogP contribution is -2.45. The van der Waals surface area contributed by atoms with Crippen molar-refractivity contribution in [2.24, 2.45) is 11.7 Å². The Balaban J connectivity index is 1.63. The number of hydrogen-bond donors (Lipinski definition) is 1. The van der Waals surface area contributed by atoms with Crippen LogP contribution in [0.2, 0.25) is 0 Å². The number of nitrogens with two attached hydrogens (primary N) is 1. The van der Waals surface area contributed by atoms with E-state index >= 15 is 0 Å². The van der Waals surface area contributed by atoms with Crippen molar-refractivity contribution >= 4 is 11.4 Å². The Hall–Kier alpha value is -1.26. The zero-order valence-electron chi connectivity index (χ0n) is 13.0. The van der Waals surface area contributed by atoms with Gasteiger partial charge >= 0.3 is 0 Å². The van der Waals surface area contributed by atoms with Gasteiger partial charge in [0.1, 0.15) is 0 Å². The van der Waals surface area contributed by atoms with Crippen LogP contribution in [-0.2, 0) is 4.74 Å². The number of benzene rings is 1. The Morgan fingerprint density at radius 1 is 1.05 bits per heavy atom. The molecule has 0 spiro atoms. The molecule has 4 nitrogen and oxygen atoms in total. The molecule has 2 heterocycles. The summed E-state index contributed by atoms with van der Waals surface area (Å²) in [6, 6.07) is 9.01. The lowest BCUT2D eigenvalue weighted by atomic mass is 9.99. The summed E-state index contributed by atoms with van der Waals surface area (Å²) in [7, 11) is 0. The molecular formula is C17H27N3O. The van der Waals surface area contributed by atoms with E-state index < -0.39 is 0 Å². The summed E-state index contributed by atoms with van der Waals surface area (Å²) in [6.07, 6.45) is 2.79. The lowest BCUT2D eigenvalue weighted by molar-refractivity contribution is 0.0466. The van der Waals surface area contributed by atoms with Crippen molar-refractivity contribution in [3.8, 4) is 0 Å². The molecule has 0 aliphatic carbocycles. The molecule has 2 aliphatic rings. The van der Waals surface area contributed by atoms with Gasteiger partial charge in [-0.2, -0.15) is 0 Å². The highest BCUT2D eigenvalue weighted by Gasteiger charge is 2.20. The van der Waals surface area contributed by atoms with Crippen molar-refractivity contribution < 1.29 is 4.74 Å². The number of anilines is 2. The molecule has 2 aliphatic heterocycles. The van der Waals surface area contributed by atoms with E-state index in [1.54, 1.807) is 0 Å². The highest BCUT2D eigenvalue weighted by atomic mass is 16.5. The molecule has 3 rings (SSSR count). The fraction of sp³-hybridized carbons (Fsp3) is 0.647. The number of piperidine rings is 1. The SMILES string of the molecule is CC1CCN(c2ccc(N3CCOC(CN)C3)cc2)CC1. The molecule has 2 fully saturated rings. The zero-order valence-corrected chi connectivity index (χ0v) is 13.0. The van der Waals surface area contributed by atoms with Crippen LogP contribution < -0.4 is 15.5 Å². The summed E-state index contributed by atoms with van der Waals surface area (Å²) < 4.78 is 5.63. The summed E-state index contributed by atoms with van der Waals surface area (Å²) in [4.78, 5) is 4.88. The average molecular weight is 289 g/mol. The van der Waals surface area contributed by atoms with Gasteiger partial charge in [-0.1, -0.05) is 6.92 Å². The van der Waals surface area contributed by atoms with Crippen LogP contribution in [0.15, 0.2) is 24.3 Å². The van der Waals surface area contributed by atoms with Gasteiger partial charge in [0.2, 0.25) is 0 Å². The van der Waals surface area contributed by atoms with Crippen LogP contribution in [-0.4, -0.2) is 45.4 Å². The van der Waals surface area contributed by atoms with Crippen LogP contribution in [0.1, 0.15) is 19.8 Å². The molecule has 0 saturated carbocycles. The molecule has 1 atom stereocenters. The van der Waals surface area contributed by atoms with Crippen LogP contribution in [0.4, 0.5) is 11.4 Å². The molecule has 0 aromatic heterocycles. The van der Waals surface area contributed by atoms with E-state index in [1.807, 2.05) is 0 Å². The van der Waals surface area contributed by atoms with E-state index in [0.29, 0.717) is 6.54 Å². The first-order valence-electron chi connectivity index (χ1n) is 8.18. The Morgan fingerprint density at radius 2 is 1.67 bits per heavy atom. The van der Waals surface area contributed by atoms with Crippen LogP contribution >= 0.6 is 0 Å². The van der Waals surface area contributed by atoms with E-state index in [-0.39, 0.29) is 6.10 Å². The zero-order chi connectivity index (χ0) is 14.7. The normalized spacial score (nSPS) is 24.4. The molecule has 2 saturated heterocycles. The van der Waals surface area contributed by atoms with Gasteiger partial charge in [-0.15, -0.1) is 0 Å². The second-order valence-corrected chi connectivity index (χ2v) is 6.36.